The fourth-order valence-electron chi connectivity index (χ4n) is 3.10. The second kappa shape index (κ2) is 6.92. The van der Waals surface area contributed by atoms with E-state index < -0.39 is 29.1 Å². The first-order valence-electron chi connectivity index (χ1n) is 8.24. The van der Waals surface area contributed by atoms with Crippen molar-refractivity contribution in [3.8, 4) is 0 Å². The summed E-state index contributed by atoms with van der Waals surface area (Å²) >= 11 is 0.758. The van der Waals surface area contributed by atoms with Crippen LogP contribution < -0.4 is 5.32 Å². The van der Waals surface area contributed by atoms with Crippen LogP contribution in [0, 0.1) is 0 Å². The van der Waals surface area contributed by atoms with E-state index in [2.05, 4.69) is 10.3 Å². The Bertz CT molecular complexity index is 723. The number of para-hydroxylation sites is 1. The van der Waals surface area contributed by atoms with Crippen molar-refractivity contribution in [2.45, 2.75) is 56.3 Å². The highest BCUT2D eigenvalue weighted by molar-refractivity contribution is 7.18. The van der Waals surface area contributed by atoms with Crippen molar-refractivity contribution in [2.75, 3.05) is 0 Å². The first-order chi connectivity index (χ1) is 11.8. The number of fused-ring (bicyclic) bond motifs is 1. The minimum atomic E-state index is -5.00. The number of rotatable bonds is 4. The average molecular weight is 372 g/mol. The first-order valence-corrected chi connectivity index (χ1v) is 9.06. The van der Waals surface area contributed by atoms with E-state index in [1.807, 2.05) is 0 Å². The number of nitrogens with zero attached hydrogens (tertiary/aromatic N) is 1. The smallest absolute Gasteiger partial charge is 0.374 e. The molecule has 8 heteroatoms. The summed E-state index contributed by atoms with van der Waals surface area (Å²) in [4.78, 5) is 16.1. The summed E-state index contributed by atoms with van der Waals surface area (Å²) in [5.74, 6) is -0.800. The number of aromatic nitrogens is 1. The minimum Gasteiger partial charge on any atom is -0.374 e. The van der Waals surface area contributed by atoms with E-state index in [9.17, 15) is 23.1 Å². The van der Waals surface area contributed by atoms with Crippen molar-refractivity contribution in [3.05, 3.63) is 29.3 Å². The molecule has 2 aromatic rings. The van der Waals surface area contributed by atoms with Crippen molar-refractivity contribution < 1.29 is 23.1 Å². The summed E-state index contributed by atoms with van der Waals surface area (Å²) in [6, 6.07) is 6.44. The normalized spacial score (nSPS) is 18.9. The Hall–Kier alpha value is -1.67. The van der Waals surface area contributed by atoms with Crippen molar-refractivity contribution in [1.82, 2.24) is 10.3 Å². The van der Waals surface area contributed by atoms with Gasteiger partial charge in [-0.2, -0.15) is 13.2 Å². The molecule has 25 heavy (non-hydrogen) atoms. The zero-order chi connectivity index (χ0) is 18.1. The minimum absolute atomic E-state index is 0.117. The molecule has 1 fully saturated rings. The lowest BCUT2D eigenvalue weighted by Crippen LogP contribution is -2.47. The molecular weight excluding hydrogens is 353 g/mol. The molecule has 0 spiro atoms. The summed E-state index contributed by atoms with van der Waals surface area (Å²) in [6.07, 6.45) is -1.57. The largest absolute Gasteiger partial charge is 0.424 e. The summed E-state index contributed by atoms with van der Waals surface area (Å²) in [5, 5.41) is 12.5. The van der Waals surface area contributed by atoms with Gasteiger partial charge in [-0.15, -0.1) is 11.3 Å². The molecule has 136 valence electrons. The number of thiazole rings is 1. The molecule has 3 rings (SSSR count). The third kappa shape index (κ3) is 3.79. The SMILES string of the molecule is O=C(CC(O)(c1nc2ccccc2s1)C(F)(F)F)NC1CCCCC1. The molecule has 1 saturated carbocycles. The van der Waals surface area contributed by atoms with E-state index >= 15 is 0 Å². The molecule has 0 aliphatic heterocycles. The first kappa shape index (κ1) is 18.1. The molecule has 1 aromatic carbocycles. The lowest BCUT2D eigenvalue weighted by atomic mass is 9.94. The maximum Gasteiger partial charge on any atom is 0.424 e. The van der Waals surface area contributed by atoms with E-state index in [1.54, 1.807) is 24.3 Å². The number of halogens is 3. The van der Waals surface area contributed by atoms with Crippen LogP contribution in [0.2, 0.25) is 0 Å². The molecule has 1 aliphatic carbocycles. The monoisotopic (exact) mass is 372 g/mol. The molecule has 1 aromatic heterocycles. The van der Waals surface area contributed by atoms with Crippen LogP contribution in [0.3, 0.4) is 0 Å². The molecule has 0 saturated heterocycles. The Labute approximate surface area is 147 Å². The van der Waals surface area contributed by atoms with Gasteiger partial charge in [0.1, 0.15) is 5.01 Å². The van der Waals surface area contributed by atoms with Crippen LogP contribution in [-0.4, -0.2) is 28.2 Å². The highest BCUT2D eigenvalue weighted by Gasteiger charge is 2.58. The van der Waals surface area contributed by atoms with Gasteiger partial charge >= 0.3 is 6.18 Å². The van der Waals surface area contributed by atoms with Crippen LogP contribution in [0.4, 0.5) is 13.2 Å². The van der Waals surface area contributed by atoms with Crippen molar-refractivity contribution in [1.29, 1.82) is 0 Å². The van der Waals surface area contributed by atoms with Gasteiger partial charge in [-0.05, 0) is 25.0 Å². The molecule has 1 aliphatic rings. The molecule has 1 heterocycles. The number of nitrogens with one attached hydrogen (secondary N) is 1. The van der Waals surface area contributed by atoms with Crippen LogP contribution in [0.1, 0.15) is 43.5 Å². The van der Waals surface area contributed by atoms with Crippen LogP contribution in [0.5, 0.6) is 0 Å². The molecular formula is C17H19F3N2O2S. The lowest BCUT2D eigenvalue weighted by molar-refractivity contribution is -0.267. The summed E-state index contributed by atoms with van der Waals surface area (Å²) in [5.41, 5.74) is -2.91. The maximum atomic E-state index is 13.6. The van der Waals surface area contributed by atoms with Gasteiger partial charge in [-0.25, -0.2) is 4.98 Å². The van der Waals surface area contributed by atoms with Gasteiger partial charge in [-0.3, -0.25) is 4.79 Å². The van der Waals surface area contributed by atoms with Crippen molar-refractivity contribution in [2.24, 2.45) is 0 Å². The Morgan fingerprint density at radius 3 is 2.56 bits per heavy atom. The fraction of sp³-hybridized carbons (Fsp3) is 0.529. The van der Waals surface area contributed by atoms with Crippen molar-refractivity contribution in [3.63, 3.8) is 0 Å². The standard InChI is InChI=1S/C17H19F3N2O2S/c18-17(19,20)16(24,10-14(23)21-11-6-2-1-3-7-11)15-22-12-8-4-5-9-13(12)25-15/h4-5,8-9,11,24H,1-3,6-7,10H2,(H,21,23). The molecule has 1 unspecified atom stereocenters. The molecule has 0 bridgehead atoms. The number of hydrogen-bond donors (Lipinski definition) is 2. The van der Waals surface area contributed by atoms with Gasteiger partial charge < -0.3 is 10.4 Å². The number of benzene rings is 1. The van der Waals surface area contributed by atoms with Gasteiger partial charge in [0.15, 0.2) is 0 Å². The number of alkyl halides is 3. The zero-order valence-electron chi connectivity index (χ0n) is 13.5. The summed E-state index contributed by atoms with van der Waals surface area (Å²) in [6.45, 7) is 0. The lowest BCUT2D eigenvalue weighted by Gasteiger charge is -2.29. The average Bonchev–Trinajstić information content (AvgIpc) is 2.99. The Balaban J connectivity index is 1.84. The van der Waals surface area contributed by atoms with Gasteiger partial charge in [0.25, 0.3) is 0 Å². The number of carbonyl (C=O) groups is 1. The molecule has 1 atom stereocenters. The number of aliphatic hydroxyl groups is 1. The Kier molecular flexibility index (Phi) is 5.02. The quantitative estimate of drug-likeness (QED) is 0.856. The van der Waals surface area contributed by atoms with Crippen LogP contribution >= 0.6 is 11.3 Å². The Morgan fingerprint density at radius 1 is 1.24 bits per heavy atom. The maximum absolute atomic E-state index is 13.6. The predicted octanol–water partition coefficient (Wildman–Crippen LogP) is 3.89. The van der Waals surface area contributed by atoms with E-state index in [0.29, 0.717) is 10.2 Å². The van der Waals surface area contributed by atoms with Crippen molar-refractivity contribution >= 4 is 27.5 Å². The third-order valence-electron chi connectivity index (χ3n) is 4.50. The van der Waals surface area contributed by atoms with Crippen LogP contribution in [0.15, 0.2) is 24.3 Å². The van der Waals surface area contributed by atoms with E-state index in [0.717, 1.165) is 43.4 Å². The van der Waals surface area contributed by atoms with Gasteiger partial charge in [-0.1, -0.05) is 31.4 Å². The second-order valence-electron chi connectivity index (χ2n) is 6.42. The van der Waals surface area contributed by atoms with Crippen LogP contribution in [-0.2, 0) is 10.4 Å². The van der Waals surface area contributed by atoms with Crippen LogP contribution in [0.25, 0.3) is 10.2 Å². The molecule has 0 radical (unpaired) electrons. The molecule has 1 amide bonds. The predicted molar refractivity (Wildman–Crippen MR) is 89.2 cm³/mol. The highest BCUT2D eigenvalue weighted by atomic mass is 32.1. The number of hydrogen-bond acceptors (Lipinski definition) is 4. The summed E-state index contributed by atoms with van der Waals surface area (Å²) < 4.78 is 41.3. The fourth-order valence-corrected chi connectivity index (χ4v) is 4.18. The van der Waals surface area contributed by atoms with E-state index in [-0.39, 0.29) is 6.04 Å². The zero-order valence-corrected chi connectivity index (χ0v) is 14.3. The molecule has 4 nitrogen and oxygen atoms in total. The summed E-state index contributed by atoms with van der Waals surface area (Å²) in [7, 11) is 0. The number of amides is 1. The highest BCUT2D eigenvalue weighted by Crippen LogP contribution is 2.44. The van der Waals surface area contributed by atoms with Gasteiger partial charge in [0.2, 0.25) is 11.5 Å². The topological polar surface area (TPSA) is 62.2 Å². The Morgan fingerprint density at radius 2 is 1.92 bits per heavy atom. The number of carbonyl (C=O) groups excluding carboxylic acids is 1. The molecule has 2 N–H and O–H groups in total. The third-order valence-corrected chi connectivity index (χ3v) is 5.69. The van der Waals surface area contributed by atoms with Gasteiger partial charge in [0, 0.05) is 6.04 Å². The van der Waals surface area contributed by atoms with Gasteiger partial charge in [0.05, 0.1) is 16.6 Å². The van der Waals surface area contributed by atoms with E-state index in [1.165, 1.54) is 0 Å². The second-order valence-corrected chi connectivity index (χ2v) is 7.45. The van der Waals surface area contributed by atoms with E-state index in [4.69, 9.17) is 0 Å².